The van der Waals surface area contributed by atoms with Crippen LogP contribution in [0.3, 0.4) is 0 Å². The SMILES string of the molecule is Cc1ccccc1CC(=O)N1CCN(CC(=O)NCCc2c(F)cccc2F)CC1. The third-order valence-electron chi connectivity index (χ3n) is 5.45. The number of halogens is 2. The first-order chi connectivity index (χ1) is 14.4. The summed E-state index contributed by atoms with van der Waals surface area (Å²) in [7, 11) is 0. The molecule has 0 aromatic heterocycles. The van der Waals surface area contributed by atoms with Crippen LogP contribution in [-0.4, -0.2) is 60.9 Å². The van der Waals surface area contributed by atoms with E-state index < -0.39 is 11.6 Å². The minimum atomic E-state index is -0.601. The summed E-state index contributed by atoms with van der Waals surface area (Å²) < 4.78 is 27.2. The van der Waals surface area contributed by atoms with Crippen molar-refractivity contribution in [2.24, 2.45) is 0 Å². The molecular formula is C23H27F2N3O2. The molecule has 1 aliphatic heterocycles. The number of hydrogen-bond acceptors (Lipinski definition) is 3. The van der Waals surface area contributed by atoms with Crippen molar-refractivity contribution in [3.05, 3.63) is 70.8 Å². The molecule has 0 saturated carbocycles. The molecule has 1 heterocycles. The van der Waals surface area contributed by atoms with E-state index in [0.29, 0.717) is 32.6 Å². The quantitative estimate of drug-likeness (QED) is 0.755. The van der Waals surface area contributed by atoms with Crippen LogP contribution in [0, 0.1) is 18.6 Å². The van der Waals surface area contributed by atoms with Crippen LogP contribution in [0.2, 0.25) is 0 Å². The molecule has 1 N–H and O–H groups in total. The highest BCUT2D eigenvalue weighted by Crippen LogP contribution is 2.13. The second-order valence-corrected chi connectivity index (χ2v) is 7.56. The van der Waals surface area contributed by atoms with Crippen molar-refractivity contribution in [1.29, 1.82) is 0 Å². The predicted molar refractivity (Wildman–Crippen MR) is 111 cm³/mol. The van der Waals surface area contributed by atoms with Crippen LogP contribution < -0.4 is 5.32 Å². The molecule has 0 spiro atoms. The van der Waals surface area contributed by atoms with Gasteiger partial charge in [-0.25, -0.2) is 8.78 Å². The number of nitrogens with zero attached hydrogens (tertiary/aromatic N) is 2. The van der Waals surface area contributed by atoms with E-state index in [4.69, 9.17) is 0 Å². The number of carbonyl (C=O) groups is 2. The van der Waals surface area contributed by atoms with E-state index in [1.54, 1.807) is 0 Å². The van der Waals surface area contributed by atoms with Gasteiger partial charge in [0.1, 0.15) is 11.6 Å². The molecule has 1 saturated heterocycles. The zero-order valence-corrected chi connectivity index (χ0v) is 17.2. The van der Waals surface area contributed by atoms with Gasteiger partial charge in [-0.2, -0.15) is 0 Å². The number of piperazine rings is 1. The maximum absolute atomic E-state index is 13.6. The number of rotatable bonds is 7. The highest BCUT2D eigenvalue weighted by atomic mass is 19.1. The van der Waals surface area contributed by atoms with E-state index in [1.165, 1.54) is 18.2 Å². The lowest BCUT2D eigenvalue weighted by molar-refractivity contribution is -0.132. The van der Waals surface area contributed by atoms with Gasteiger partial charge in [0.15, 0.2) is 0 Å². The number of aryl methyl sites for hydroxylation is 1. The Morgan fingerprint density at radius 3 is 2.30 bits per heavy atom. The van der Waals surface area contributed by atoms with E-state index in [1.807, 2.05) is 41.0 Å². The van der Waals surface area contributed by atoms with E-state index >= 15 is 0 Å². The highest BCUT2D eigenvalue weighted by molar-refractivity contribution is 5.79. The minimum absolute atomic E-state index is 0.0152. The number of nitrogens with one attached hydrogen (secondary N) is 1. The molecule has 3 rings (SSSR count). The van der Waals surface area contributed by atoms with Gasteiger partial charge in [-0.1, -0.05) is 30.3 Å². The number of carbonyl (C=O) groups excluding carboxylic acids is 2. The summed E-state index contributed by atoms with van der Waals surface area (Å²) >= 11 is 0. The predicted octanol–water partition coefficient (Wildman–Crippen LogP) is 2.32. The molecule has 5 nitrogen and oxygen atoms in total. The Labute approximate surface area is 175 Å². The molecule has 0 unspecified atom stereocenters. The maximum atomic E-state index is 13.6. The Morgan fingerprint density at radius 2 is 1.63 bits per heavy atom. The number of benzene rings is 2. The van der Waals surface area contributed by atoms with Crippen molar-refractivity contribution in [3.63, 3.8) is 0 Å². The monoisotopic (exact) mass is 415 g/mol. The third kappa shape index (κ3) is 5.86. The molecule has 2 aromatic rings. The fourth-order valence-electron chi connectivity index (χ4n) is 3.60. The van der Waals surface area contributed by atoms with Crippen molar-refractivity contribution in [3.8, 4) is 0 Å². The Kier molecular flexibility index (Phi) is 7.52. The summed E-state index contributed by atoms with van der Waals surface area (Å²) in [6.45, 7) is 4.78. The summed E-state index contributed by atoms with van der Waals surface area (Å²) in [5.74, 6) is -1.29. The number of hydrogen-bond donors (Lipinski definition) is 1. The lowest BCUT2D eigenvalue weighted by atomic mass is 10.1. The zero-order chi connectivity index (χ0) is 21.5. The second kappa shape index (κ2) is 10.3. The minimum Gasteiger partial charge on any atom is -0.355 e. The van der Waals surface area contributed by atoms with Crippen molar-refractivity contribution >= 4 is 11.8 Å². The van der Waals surface area contributed by atoms with E-state index in [9.17, 15) is 18.4 Å². The molecule has 2 amide bonds. The second-order valence-electron chi connectivity index (χ2n) is 7.56. The van der Waals surface area contributed by atoms with Gasteiger partial charge < -0.3 is 10.2 Å². The molecule has 0 atom stereocenters. The Bertz CT molecular complexity index is 876. The first-order valence-corrected chi connectivity index (χ1v) is 10.2. The Balaban J connectivity index is 1.38. The van der Waals surface area contributed by atoms with E-state index in [-0.39, 0.29) is 36.9 Å². The van der Waals surface area contributed by atoms with Gasteiger partial charge in [-0.15, -0.1) is 0 Å². The third-order valence-corrected chi connectivity index (χ3v) is 5.45. The summed E-state index contributed by atoms with van der Waals surface area (Å²) in [5.41, 5.74) is 2.13. The normalized spacial score (nSPS) is 14.6. The first-order valence-electron chi connectivity index (χ1n) is 10.2. The van der Waals surface area contributed by atoms with Crippen LogP contribution in [0.15, 0.2) is 42.5 Å². The molecule has 2 aromatic carbocycles. The molecule has 30 heavy (non-hydrogen) atoms. The summed E-state index contributed by atoms with van der Waals surface area (Å²) in [4.78, 5) is 28.5. The largest absolute Gasteiger partial charge is 0.355 e. The molecule has 1 aliphatic rings. The molecule has 160 valence electrons. The van der Waals surface area contributed by atoms with E-state index in [0.717, 1.165) is 11.1 Å². The van der Waals surface area contributed by atoms with Crippen LogP contribution in [-0.2, 0) is 22.4 Å². The van der Waals surface area contributed by atoms with Crippen LogP contribution in [0.5, 0.6) is 0 Å². The van der Waals surface area contributed by atoms with Crippen LogP contribution in [0.1, 0.15) is 16.7 Å². The first kappa shape index (κ1) is 21.9. The Morgan fingerprint density at radius 1 is 0.967 bits per heavy atom. The average Bonchev–Trinajstić information content (AvgIpc) is 2.72. The lowest BCUT2D eigenvalue weighted by Crippen LogP contribution is -2.51. The fourth-order valence-corrected chi connectivity index (χ4v) is 3.60. The Hall–Kier alpha value is -2.80. The van der Waals surface area contributed by atoms with Gasteiger partial charge in [-0.3, -0.25) is 14.5 Å². The molecule has 0 aliphatic carbocycles. The lowest BCUT2D eigenvalue weighted by Gasteiger charge is -2.34. The van der Waals surface area contributed by atoms with Crippen LogP contribution >= 0.6 is 0 Å². The van der Waals surface area contributed by atoms with Gasteiger partial charge in [0.05, 0.1) is 13.0 Å². The van der Waals surface area contributed by atoms with Gasteiger partial charge in [-0.05, 0) is 36.6 Å². The van der Waals surface area contributed by atoms with Crippen LogP contribution in [0.25, 0.3) is 0 Å². The van der Waals surface area contributed by atoms with Gasteiger partial charge in [0.25, 0.3) is 0 Å². The van der Waals surface area contributed by atoms with Crippen LogP contribution in [0.4, 0.5) is 8.78 Å². The van der Waals surface area contributed by atoms with Gasteiger partial charge >= 0.3 is 0 Å². The average molecular weight is 415 g/mol. The maximum Gasteiger partial charge on any atom is 0.234 e. The molecular weight excluding hydrogens is 388 g/mol. The highest BCUT2D eigenvalue weighted by Gasteiger charge is 2.22. The molecule has 1 fully saturated rings. The van der Waals surface area contributed by atoms with Gasteiger partial charge in [0, 0.05) is 38.3 Å². The van der Waals surface area contributed by atoms with Crippen molar-refractivity contribution in [2.45, 2.75) is 19.8 Å². The van der Waals surface area contributed by atoms with Crippen molar-refractivity contribution in [1.82, 2.24) is 15.1 Å². The van der Waals surface area contributed by atoms with E-state index in [2.05, 4.69) is 5.32 Å². The topological polar surface area (TPSA) is 52.7 Å². The summed E-state index contributed by atoms with van der Waals surface area (Å²) in [6.07, 6.45) is 0.491. The fraction of sp³-hybridized carbons (Fsp3) is 0.391. The smallest absolute Gasteiger partial charge is 0.234 e. The zero-order valence-electron chi connectivity index (χ0n) is 17.2. The standard InChI is InChI=1S/C23H27F2N3O2/c1-17-5-2-3-6-18(17)15-23(30)28-13-11-27(12-14-28)16-22(29)26-10-9-19-20(24)7-4-8-21(19)25/h2-8H,9-16H2,1H3,(H,26,29). The van der Waals surface area contributed by atoms with Crippen molar-refractivity contribution in [2.75, 3.05) is 39.3 Å². The molecule has 0 bridgehead atoms. The molecule has 7 heteroatoms. The van der Waals surface area contributed by atoms with Gasteiger partial charge in [0.2, 0.25) is 11.8 Å². The van der Waals surface area contributed by atoms with Crippen molar-refractivity contribution < 1.29 is 18.4 Å². The summed E-state index contributed by atoms with van der Waals surface area (Å²) in [5, 5.41) is 2.71. The molecule has 0 radical (unpaired) electrons. The summed E-state index contributed by atoms with van der Waals surface area (Å²) in [6, 6.07) is 11.6. The number of amides is 2.